The van der Waals surface area contributed by atoms with E-state index in [1.165, 1.54) is 0 Å². The van der Waals surface area contributed by atoms with Gasteiger partial charge in [0.15, 0.2) is 23.3 Å². The van der Waals surface area contributed by atoms with Crippen molar-refractivity contribution < 1.29 is 22.0 Å². The fourth-order valence-corrected chi connectivity index (χ4v) is 1.62. The van der Waals surface area contributed by atoms with Crippen LogP contribution in [0.2, 0.25) is 0 Å². The number of benzene rings is 1. The van der Waals surface area contributed by atoms with Gasteiger partial charge in [-0.1, -0.05) is 12.5 Å². The first-order valence-corrected chi connectivity index (χ1v) is 6.24. The van der Waals surface area contributed by atoms with E-state index in [1.54, 1.807) is 13.8 Å². The highest BCUT2D eigenvalue weighted by molar-refractivity contribution is 5.55. The van der Waals surface area contributed by atoms with Crippen molar-refractivity contribution in [2.24, 2.45) is 0 Å². The summed E-state index contributed by atoms with van der Waals surface area (Å²) in [4.78, 5) is 0. The van der Waals surface area contributed by atoms with Crippen molar-refractivity contribution >= 4 is 6.08 Å². The fourth-order valence-electron chi connectivity index (χ4n) is 1.62. The van der Waals surface area contributed by atoms with Gasteiger partial charge in [0.05, 0.1) is 5.56 Å². The Morgan fingerprint density at radius 1 is 1.00 bits per heavy atom. The average Bonchev–Trinajstić information content (AvgIpc) is 2.44. The van der Waals surface area contributed by atoms with E-state index >= 15 is 0 Å². The molecule has 1 unspecified atom stereocenters. The van der Waals surface area contributed by atoms with Gasteiger partial charge in [-0.2, -0.15) is 0 Å². The highest BCUT2D eigenvalue weighted by Crippen LogP contribution is 2.25. The Hall–Kier alpha value is -1.43. The molecular formula is C14H16F5N. The van der Waals surface area contributed by atoms with Crippen molar-refractivity contribution in [3.8, 4) is 0 Å². The third-order valence-corrected chi connectivity index (χ3v) is 3.00. The van der Waals surface area contributed by atoms with E-state index < -0.39 is 34.6 Å². The lowest BCUT2D eigenvalue weighted by Gasteiger charge is -2.14. The lowest BCUT2D eigenvalue weighted by Crippen LogP contribution is -2.27. The average molecular weight is 293 g/mol. The topological polar surface area (TPSA) is 12.0 Å². The van der Waals surface area contributed by atoms with Crippen LogP contribution in [0.1, 0.15) is 32.8 Å². The van der Waals surface area contributed by atoms with E-state index in [2.05, 4.69) is 5.32 Å². The Morgan fingerprint density at radius 3 is 1.90 bits per heavy atom. The van der Waals surface area contributed by atoms with E-state index in [0.29, 0.717) is 12.1 Å². The first-order chi connectivity index (χ1) is 9.31. The van der Waals surface area contributed by atoms with Gasteiger partial charge in [0, 0.05) is 6.04 Å². The molecule has 0 radical (unpaired) electrons. The molecule has 0 saturated heterocycles. The highest BCUT2D eigenvalue weighted by atomic mass is 19.2. The molecule has 1 N–H and O–H groups in total. The number of rotatable bonds is 5. The zero-order valence-electron chi connectivity index (χ0n) is 11.5. The van der Waals surface area contributed by atoms with Gasteiger partial charge in [0.2, 0.25) is 5.82 Å². The summed E-state index contributed by atoms with van der Waals surface area (Å²) in [5, 5.41) is 3.06. The molecule has 0 aliphatic heterocycles. The van der Waals surface area contributed by atoms with Gasteiger partial charge < -0.3 is 5.32 Å². The molecule has 1 aromatic rings. The van der Waals surface area contributed by atoms with Crippen LogP contribution in [0.15, 0.2) is 5.57 Å². The van der Waals surface area contributed by atoms with Crippen LogP contribution in [0, 0.1) is 29.1 Å². The van der Waals surface area contributed by atoms with Crippen molar-refractivity contribution in [2.45, 2.75) is 33.2 Å². The summed E-state index contributed by atoms with van der Waals surface area (Å²) in [5.74, 6) is -9.65. The number of halogens is 5. The fraction of sp³-hybridized carbons (Fsp3) is 0.429. The van der Waals surface area contributed by atoms with Crippen molar-refractivity contribution in [3.63, 3.8) is 0 Å². The molecule has 0 fully saturated rings. The lowest BCUT2D eigenvalue weighted by atomic mass is 10.0. The Kier molecular flexibility index (Phi) is 5.68. The van der Waals surface area contributed by atoms with E-state index in [-0.39, 0.29) is 6.04 Å². The van der Waals surface area contributed by atoms with Gasteiger partial charge in [-0.15, -0.1) is 0 Å². The Balaban J connectivity index is 3.21. The van der Waals surface area contributed by atoms with Gasteiger partial charge in [0.25, 0.3) is 0 Å². The van der Waals surface area contributed by atoms with Crippen molar-refractivity contribution in [1.82, 2.24) is 5.32 Å². The predicted molar refractivity (Wildman–Crippen MR) is 67.6 cm³/mol. The molecule has 0 aromatic heterocycles. The van der Waals surface area contributed by atoms with Gasteiger partial charge in [-0.05, 0) is 32.9 Å². The molecule has 0 spiro atoms. The Morgan fingerprint density at radius 2 is 1.45 bits per heavy atom. The quantitative estimate of drug-likeness (QED) is 0.488. The van der Waals surface area contributed by atoms with Crippen molar-refractivity contribution in [3.05, 3.63) is 40.2 Å². The zero-order chi connectivity index (χ0) is 15.4. The molecule has 1 nitrogen and oxygen atoms in total. The second-order valence-corrected chi connectivity index (χ2v) is 4.55. The minimum atomic E-state index is -2.15. The molecule has 20 heavy (non-hydrogen) atoms. The van der Waals surface area contributed by atoms with Crippen molar-refractivity contribution in [2.75, 3.05) is 6.54 Å². The summed E-state index contributed by atoms with van der Waals surface area (Å²) in [6.07, 6.45) is 1.84. The van der Waals surface area contributed by atoms with E-state index in [9.17, 15) is 22.0 Å². The third-order valence-electron chi connectivity index (χ3n) is 3.00. The first kappa shape index (κ1) is 16.6. The summed E-state index contributed by atoms with van der Waals surface area (Å²) in [7, 11) is 0. The normalized spacial score (nSPS) is 13.7. The molecule has 0 bridgehead atoms. The van der Waals surface area contributed by atoms with Crippen LogP contribution in [-0.2, 0) is 0 Å². The summed E-state index contributed by atoms with van der Waals surface area (Å²) in [6.45, 7) is 5.94. The van der Waals surface area contributed by atoms with Gasteiger partial charge in [-0.3, -0.25) is 0 Å². The second-order valence-electron chi connectivity index (χ2n) is 4.55. The summed E-state index contributed by atoms with van der Waals surface area (Å²) < 4.78 is 66.0. The molecule has 0 aliphatic rings. The summed E-state index contributed by atoms with van der Waals surface area (Å²) in [6, 6.07) is -0.232. The van der Waals surface area contributed by atoms with E-state index in [4.69, 9.17) is 0 Å². The third kappa shape index (κ3) is 3.36. The minimum absolute atomic E-state index is 0.232. The molecule has 112 valence electrons. The molecule has 1 rings (SSSR count). The van der Waals surface area contributed by atoms with Crippen LogP contribution >= 0.6 is 0 Å². The number of hydrogen-bond donors (Lipinski definition) is 1. The molecule has 0 aliphatic carbocycles. The lowest BCUT2D eigenvalue weighted by molar-refractivity contribution is 0.376. The molecule has 0 amide bonds. The molecule has 0 heterocycles. The van der Waals surface area contributed by atoms with Crippen LogP contribution in [-0.4, -0.2) is 12.6 Å². The predicted octanol–water partition coefficient (Wildman–Crippen LogP) is 4.17. The maximum absolute atomic E-state index is 13.5. The zero-order valence-corrected chi connectivity index (χ0v) is 11.5. The second kappa shape index (κ2) is 6.83. The minimum Gasteiger partial charge on any atom is -0.311 e. The first-order valence-electron chi connectivity index (χ1n) is 6.24. The molecule has 0 saturated carbocycles. The Labute approximate surface area is 114 Å². The standard InChI is InChI=1S/C14H16F5N/c1-4-5-20-8(3)7(2)6-9-10(15)12(17)14(19)13(18)11(9)16/h6,8,20H,4-5H2,1-3H3. The molecule has 1 atom stereocenters. The van der Waals surface area contributed by atoms with Crippen molar-refractivity contribution in [1.29, 1.82) is 0 Å². The van der Waals surface area contributed by atoms with Gasteiger partial charge in [-0.25, -0.2) is 22.0 Å². The number of hydrogen-bond acceptors (Lipinski definition) is 1. The number of nitrogens with one attached hydrogen (secondary N) is 1. The van der Waals surface area contributed by atoms with Gasteiger partial charge in [0.1, 0.15) is 0 Å². The maximum Gasteiger partial charge on any atom is 0.200 e. The van der Waals surface area contributed by atoms with Gasteiger partial charge >= 0.3 is 0 Å². The molecule has 6 heteroatoms. The largest absolute Gasteiger partial charge is 0.311 e. The van der Waals surface area contributed by atoms with Crippen LogP contribution in [0.25, 0.3) is 6.08 Å². The van der Waals surface area contributed by atoms with E-state index in [0.717, 1.165) is 12.5 Å². The van der Waals surface area contributed by atoms with E-state index in [1.807, 2.05) is 6.92 Å². The van der Waals surface area contributed by atoms with Crippen LogP contribution in [0.4, 0.5) is 22.0 Å². The SMILES string of the molecule is CCCNC(C)C(C)=Cc1c(F)c(F)c(F)c(F)c1F. The monoisotopic (exact) mass is 293 g/mol. The maximum atomic E-state index is 13.5. The summed E-state index contributed by atoms with van der Waals surface area (Å²) >= 11 is 0. The Bertz CT molecular complexity index is 496. The summed E-state index contributed by atoms with van der Waals surface area (Å²) in [5.41, 5.74) is -0.439. The molecule has 1 aromatic carbocycles. The van der Waals surface area contributed by atoms with Crippen LogP contribution in [0.3, 0.4) is 0 Å². The smallest absolute Gasteiger partial charge is 0.200 e. The highest BCUT2D eigenvalue weighted by Gasteiger charge is 2.24. The van der Waals surface area contributed by atoms with Crippen LogP contribution < -0.4 is 5.32 Å². The van der Waals surface area contributed by atoms with Crippen LogP contribution in [0.5, 0.6) is 0 Å². The molecular weight excluding hydrogens is 277 g/mol.